The molecule has 0 spiro atoms. The van der Waals surface area contributed by atoms with Crippen molar-refractivity contribution in [2.45, 2.75) is 0 Å². The van der Waals surface area contributed by atoms with Crippen LogP contribution < -0.4 is 10.6 Å². The zero-order chi connectivity index (χ0) is 18.4. The van der Waals surface area contributed by atoms with Crippen LogP contribution in [0.15, 0.2) is 36.4 Å². The Morgan fingerprint density at radius 1 is 1.04 bits per heavy atom. The zero-order valence-electron chi connectivity index (χ0n) is 13.8. The van der Waals surface area contributed by atoms with Crippen LogP contribution in [0.25, 0.3) is 0 Å². The number of pyridine rings is 1. The Hall–Kier alpha value is -2.87. The van der Waals surface area contributed by atoms with Gasteiger partial charge < -0.3 is 15.5 Å². The van der Waals surface area contributed by atoms with Crippen LogP contribution in [0.5, 0.6) is 0 Å². The molecule has 0 saturated heterocycles. The van der Waals surface area contributed by atoms with Crippen molar-refractivity contribution in [1.82, 2.24) is 15.2 Å². The quantitative estimate of drug-likeness (QED) is 0.836. The van der Waals surface area contributed by atoms with E-state index >= 15 is 0 Å². The highest BCUT2D eigenvalue weighted by Crippen LogP contribution is 2.14. The van der Waals surface area contributed by atoms with Gasteiger partial charge in [-0.05, 0) is 38.4 Å². The molecule has 0 aliphatic rings. The number of hydrogen-bond donors (Lipinski definition) is 2. The van der Waals surface area contributed by atoms with Crippen LogP contribution in [0, 0.1) is 11.6 Å². The molecule has 132 valence electrons. The van der Waals surface area contributed by atoms with Crippen LogP contribution in [-0.2, 0) is 0 Å². The van der Waals surface area contributed by atoms with Gasteiger partial charge in [-0.2, -0.15) is 0 Å². The summed E-state index contributed by atoms with van der Waals surface area (Å²) in [5.74, 6) is -3.11. The Morgan fingerprint density at radius 3 is 2.36 bits per heavy atom. The minimum atomic E-state index is -1.07. The fourth-order valence-electron chi connectivity index (χ4n) is 1.94. The maximum absolute atomic E-state index is 13.2. The molecule has 0 bridgehead atoms. The Kier molecular flexibility index (Phi) is 6.13. The van der Waals surface area contributed by atoms with Gasteiger partial charge in [0.1, 0.15) is 11.4 Å². The molecule has 1 aromatic carbocycles. The number of halogens is 2. The highest BCUT2D eigenvalue weighted by Gasteiger charge is 2.13. The van der Waals surface area contributed by atoms with Crippen molar-refractivity contribution in [2.24, 2.45) is 0 Å². The van der Waals surface area contributed by atoms with Crippen molar-refractivity contribution in [2.75, 3.05) is 32.5 Å². The molecule has 1 aromatic heterocycles. The lowest BCUT2D eigenvalue weighted by atomic mass is 10.2. The predicted octanol–water partition coefficient (Wildman–Crippen LogP) is 1.90. The summed E-state index contributed by atoms with van der Waals surface area (Å²) < 4.78 is 26.1. The van der Waals surface area contributed by atoms with Crippen molar-refractivity contribution in [1.29, 1.82) is 0 Å². The van der Waals surface area contributed by atoms with E-state index in [1.807, 2.05) is 19.0 Å². The molecule has 25 heavy (non-hydrogen) atoms. The van der Waals surface area contributed by atoms with E-state index < -0.39 is 23.4 Å². The van der Waals surface area contributed by atoms with Gasteiger partial charge in [-0.1, -0.05) is 6.07 Å². The van der Waals surface area contributed by atoms with Crippen molar-refractivity contribution < 1.29 is 18.4 Å². The first-order chi connectivity index (χ1) is 11.9. The van der Waals surface area contributed by atoms with Crippen molar-refractivity contribution >= 4 is 17.5 Å². The molecule has 2 amide bonds. The fraction of sp³-hybridized carbons (Fsp3) is 0.235. The van der Waals surface area contributed by atoms with E-state index in [1.165, 1.54) is 24.3 Å². The molecule has 8 heteroatoms. The van der Waals surface area contributed by atoms with E-state index in [1.54, 1.807) is 0 Å². The standard InChI is InChI=1S/C17H18F2N4O2/c1-23(2)9-8-20-16(24)14-4-3-5-15(22-14)17(25)21-11-6-7-12(18)13(19)10-11/h3-7,10H,8-9H2,1-2H3,(H,20,24)(H,21,25). The summed E-state index contributed by atoms with van der Waals surface area (Å²) in [4.78, 5) is 30.1. The van der Waals surface area contributed by atoms with E-state index in [2.05, 4.69) is 15.6 Å². The van der Waals surface area contributed by atoms with E-state index in [9.17, 15) is 18.4 Å². The van der Waals surface area contributed by atoms with Gasteiger partial charge >= 0.3 is 0 Å². The molecule has 0 radical (unpaired) electrons. The van der Waals surface area contributed by atoms with Crippen LogP contribution in [-0.4, -0.2) is 48.9 Å². The number of hydrogen-bond acceptors (Lipinski definition) is 4. The van der Waals surface area contributed by atoms with E-state index in [0.717, 1.165) is 12.1 Å². The number of benzene rings is 1. The minimum Gasteiger partial charge on any atom is -0.349 e. The molecule has 2 rings (SSSR count). The Labute approximate surface area is 143 Å². The summed E-state index contributed by atoms with van der Waals surface area (Å²) in [5, 5.41) is 5.10. The number of nitrogens with zero attached hydrogens (tertiary/aromatic N) is 2. The van der Waals surface area contributed by atoms with Crippen molar-refractivity contribution in [3.8, 4) is 0 Å². The maximum Gasteiger partial charge on any atom is 0.274 e. The van der Waals surface area contributed by atoms with E-state index in [-0.39, 0.29) is 17.1 Å². The van der Waals surface area contributed by atoms with Gasteiger partial charge in [-0.3, -0.25) is 9.59 Å². The van der Waals surface area contributed by atoms with Gasteiger partial charge in [0.05, 0.1) is 0 Å². The number of rotatable bonds is 6. The van der Waals surface area contributed by atoms with Crippen LogP contribution in [0.2, 0.25) is 0 Å². The fourth-order valence-corrected chi connectivity index (χ4v) is 1.94. The molecule has 0 atom stereocenters. The van der Waals surface area contributed by atoms with Gasteiger partial charge in [-0.15, -0.1) is 0 Å². The average Bonchev–Trinajstić information content (AvgIpc) is 2.58. The third-order valence-electron chi connectivity index (χ3n) is 3.24. The first kappa shape index (κ1) is 18.5. The summed E-state index contributed by atoms with van der Waals surface area (Å²) in [5.41, 5.74) is 0.174. The average molecular weight is 348 g/mol. The lowest BCUT2D eigenvalue weighted by Gasteiger charge is -2.10. The number of likely N-dealkylation sites (N-methyl/N-ethyl adjacent to an activating group) is 1. The second-order valence-electron chi connectivity index (χ2n) is 5.55. The molecular formula is C17H18F2N4O2. The molecule has 0 aliphatic carbocycles. The maximum atomic E-state index is 13.2. The highest BCUT2D eigenvalue weighted by atomic mass is 19.2. The molecule has 2 N–H and O–H groups in total. The molecule has 2 aromatic rings. The predicted molar refractivity (Wildman–Crippen MR) is 89.4 cm³/mol. The van der Waals surface area contributed by atoms with E-state index in [0.29, 0.717) is 13.1 Å². The molecule has 0 unspecified atom stereocenters. The second kappa shape index (κ2) is 8.29. The normalized spacial score (nSPS) is 10.6. The third-order valence-corrected chi connectivity index (χ3v) is 3.24. The van der Waals surface area contributed by atoms with Gasteiger partial charge in [0.2, 0.25) is 0 Å². The summed E-state index contributed by atoms with van der Waals surface area (Å²) in [6.07, 6.45) is 0. The molecular weight excluding hydrogens is 330 g/mol. The lowest BCUT2D eigenvalue weighted by Crippen LogP contribution is -2.32. The second-order valence-corrected chi connectivity index (χ2v) is 5.55. The van der Waals surface area contributed by atoms with Crippen LogP contribution >= 0.6 is 0 Å². The third kappa shape index (κ3) is 5.32. The summed E-state index contributed by atoms with van der Waals surface area (Å²) >= 11 is 0. The molecule has 1 heterocycles. The van der Waals surface area contributed by atoms with Gasteiger partial charge in [0.25, 0.3) is 11.8 Å². The smallest absolute Gasteiger partial charge is 0.274 e. The van der Waals surface area contributed by atoms with Crippen LogP contribution in [0.1, 0.15) is 21.0 Å². The first-order valence-electron chi connectivity index (χ1n) is 7.53. The molecule has 6 nitrogen and oxygen atoms in total. The Bertz CT molecular complexity index is 781. The Balaban J connectivity index is 2.05. The number of aromatic nitrogens is 1. The number of amides is 2. The number of nitrogens with one attached hydrogen (secondary N) is 2. The van der Waals surface area contributed by atoms with E-state index in [4.69, 9.17) is 0 Å². The largest absolute Gasteiger partial charge is 0.349 e. The van der Waals surface area contributed by atoms with Crippen molar-refractivity contribution in [3.05, 3.63) is 59.4 Å². The van der Waals surface area contributed by atoms with Crippen LogP contribution in [0.3, 0.4) is 0 Å². The lowest BCUT2D eigenvalue weighted by molar-refractivity contribution is 0.0946. The van der Waals surface area contributed by atoms with Crippen molar-refractivity contribution in [3.63, 3.8) is 0 Å². The van der Waals surface area contributed by atoms with Crippen LogP contribution in [0.4, 0.5) is 14.5 Å². The molecule has 0 fully saturated rings. The number of carbonyl (C=O) groups is 2. The molecule has 0 saturated carbocycles. The summed E-state index contributed by atoms with van der Waals surface area (Å²) in [6.45, 7) is 1.11. The number of carbonyl (C=O) groups excluding carboxylic acids is 2. The highest BCUT2D eigenvalue weighted by molar-refractivity contribution is 6.03. The summed E-state index contributed by atoms with van der Waals surface area (Å²) in [7, 11) is 3.77. The first-order valence-corrected chi connectivity index (χ1v) is 7.53. The summed E-state index contributed by atoms with van der Waals surface area (Å²) in [6, 6.07) is 7.44. The number of anilines is 1. The topological polar surface area (TPSA) is 74.3 Å². The van der Waals surface area contributed by atoms with Gasteiger partial charge in [0.15, 0.2) is 11.6 Å². The SMILES string of the molecule is CN(C)CCNC(=O)c1cccc(C(=O)Nc2ccc(F)c(F)c2)n1. The minimum absolute atomic E-state index is 0.00927. The monoisotopic (exact) mass is 348 g/mol. The molecule has 0 aliphatic heterocycles. The van der Waals surface area contributed by atoms with Gasteiger partial charge in [0, 0.05) is 24.8 Å². The zero-order valence-corrected chi connectivity index (χ0v) is 13.8. The Morgan fingerprint density at radius 2 is 1.72 bits per heavy atom. The van der Waals surface area contributed by atoms with Gasteiger partial charge in [-0.25, -0.2) is 13.8 Å².